The molecule has 3 atom stereocenters. The second kappa shape index (κ2) is 9.07. The Balaban J connectivity index is 1.12. The first kappa shape index (κ1) is 22.2. The maximum absolute atomic E-state index is 13.0. The first-order valence-corrected chi connectivity index (χ1v) is 12.7. The van der Waals surface area contributed by atoms with Crippen molar-refractivity contribution < 1.29 is 19.1 Å². The largest absolute Gasteiger partial charge is 0.489 e. The molecule has 4 heterocycles. The summed E-state index contributed by atoms with van der Waals surface area (Å²) in [5.74, 6) is 0.449. The number of aromatic nitrogens is 1. The topological polar surface area (TPSA) is 91.8 Å². The summed E-state index contributed by atoms with van der Waals surface area (Å²) in [5.41, 5.74) is 2.66. The van der Waals surface area contributed by atoms with Crippen LogP contribution in [0.1, 0.15) is 66.1 Å². The Morgan fingerprint density at radius 2 is 1.86 bits per heavy atom. The Bertz CT molecular complexity index is 1150. The molecule has 182 valence electrons. The highest BCUT2D eigenvalue weighted by molar-refractivity contribution is 6.05. The fraction of sp³-hybridized carbons (Fsp3) is 0.481. The van der Waals surface area contributed by atoms with Gasteiger partial charge in [-0.1, -0.05) is 12.5 Å². The van der Waals surface area contributed by atoms with Gasteiger partial charge in [-0.15, -0.1) is 0 Å². The SMILES string of the molecule is O=C1CCC(N2Cc3cc(O[C@@H]4CCCC[C@@H]4N4CC(c5ccccn5)C4)ccc3C2=O)C(=O)N1. The number of amides is 3. The molecule has 8 nitrogen and oxygen atoms in total. The van der Waals surface area contributed by atoms with Crippen LogP contribution in [0.15, 0.2) is 42.6 Å². The Hall–Kier alpha value is -3.26. The van der Waals surface area contributed by atoms with Crippen LogP contribution in [0, 0.1) is 0 Å². The van der Waals surface area contributed by atoms with E-state index in [-0.39, 0.29) is 30.2 Å². The van der Waals surface area contributed by atoms with Gasteiger partial charge in [0.05, 0.1) is 0 Å². The molecule has 2 saturated heterocycles. The number of hydrogen-bond donors (Lipinski definition) is 1. The van der Waals surface area contributed by atoms with Gasteiger partial charge in [0.15, 0.2) is 0 Å². The van der Waals surface area contributed by atoms with Crippen LogP contribution in [0.25, 0.3) is 0 Å². The van der Waals surface area contributed by atoms with E-state index in [1.54, 1.807) is 4.90 Å². The number of carbonyl (C=O) groups is 3. The van der Waals surface area contributed by atoms with Crippen molar-refractivity contribution in [3.8, 4) is 5.75 Å². The molecule has 8 heteroatoms. The number of rotatable bonds is 5. The maximum atomic E-state index is 13.0. The molecule has 3 fully saturated rings. The molecule has 6 rings (SSSR count). The van der Waals surface area contributed by atoms with Crippen LogP contribution in [0.5, 0.6) is 5.75 Å². The van der Waals surface area contributed by atoms with E-state index >= 15 is 0 Å². The molecule has 0 spiro atoms. The number of ether oxygens (including phenoxy) is 1. The van der Waals surface area contributed by atoms with Crippen molar-refractivity contribution in [2.24, 2.45) is 0 Å². The Morgan fingerprint density at radius 3 is 2.66 bits per heavy atom. The molecule has 1 aromatic carbocycles. The number of hydrogen-bond acceptors (Lipinski definition) is 6. The molecule has 4 aliphatic rings. The van der Waals surface area contributed by atoms with Gasteiger partial charge in [0, 0.05) is 55.5 Å². The predicted octanol–water partition coefficient (Wildman–Crippen LogP) is 2.63. The smallest absolute Gasteiger partial charge is 0.255 e. The maximum Gasteiger partial charge on any atom is 0.255 e. The summed E-state index contributed by atoms with van der Waals surface area (Å²) < 4.78 is 6.53. The van der Waals surface area contributed by atoms with Crippen molar-refractivity contribution in [3.63, 3.8) is 0 Å². The predicted molar refractivity (Wildman–Crippen MR) is 128 cm³/mol. The minimum absolute atomic E-state index is 0.120. The number of imide groups is 1. The van der Waals surface area contributed by atoms with E-state index in [0.717, 1.165) is 43.7 Å². The van der Waals surface area contributed by atoms with Crippen LogP contribution in [-0.2, 0) is 16.1 Å². The van der Waals surface area contributed by atoms with Crippen LogP contribution in [0.3, 0.4) is 0 Å². The quantitative estimate of drug-likeness (QED) is 0.670. The molecule has 35 heavy (non-hydrogen) atoms. The molecule has 2 aromatic rings. The zero-order chi connectivity index (χ0) is 23.9. The van der Waals surface area contributed by atoms with Crippen LogP contribution < -0.4 is 10.1 Å². The van der Waals surface area contributed by atoms with E-state index in [9.17, 15) is 14.4 Å². The number of piperidine rings is 1. The lowest BCUT2D eigenvalue weighted by Crippen LogP contribution is -2.57. The summed E-state index contributed by atoms with van der Waals surface area (Å²) in [6.07, 6.45) is 7.14. The van der Waals surface area contributed by atoms with Crippen molar-refractivity contribution in [1.82, 2.24) is 20.1 Å². The van der Waals surface area contributed by atoms with E-state index in [2.05, 4.69) is 27.3 Å². The Labute approximate surface area is 204 Å². The number of carbonyl (C=O) groups excluding carboxylic acids is 3. The van der Waals surface area contributed by atoms with E-state index < -0.39 is 6.04 Å². The standard InChI is InChI=1S/C27H30N4O4/c32-25-11-10-23(26(33)29-25)31-16-17-13-19(8-9-20(17)27(31)34)35-24-7-2-1-6-22(24)30-14-18(15-30)21-5-3-4-12-28-21/h3-5,8-9,12-13,18,22-24H,1-2,6-7,10-11,14-16H2,(H,29,32,33)/t22-,23?,24+/m0/s1. The van der Waals surface area contributed by atoms with Gasteiger partial charge in [0.2, 0.25) is 11.8 Å². The number of likely N-dealkylation sites (tertiary alicyclic amines) is 1. The van der Waals surface area contributed by atoms with Crippen LogP contribution in [0.2, 0.25) is 0 Å². The molecule has 0 bridgehead atoms. The molecule has 1 unspecified atom stereocenters. The number of nitrogens with one attached hydrogen (secondary N) is 1. The van der Waals surface area contributed by atoms with E-state index in [0.29, 0.717) is 30.5 Å². The molecular weight excluding hydrogens is 444 g/mol. The highest BCUT2D eigenvalue weighted by atomic mass is 16.5. The van der Waals surface area contributed by atoms with Crippen molar-refractivity contribution in [3.05, 3.63) is 59.4 Å². The summed E-state index contributed by atoms with van der Waals surface area (Å²) >= 11 is 0. The van der Waals surface area contributed by atoms with Crippen LogP contribution in [-0.4, -0.2) is 63.8 Å². The average molecular weight is 475 g/mol. The van der Waals surface area contributed by atoms with Crippen LogP contribution in [0.4, 0.5) is 0 Å². The van der Waals surface area contributed by atoms with Gasteiger partial charge in [-0.05, 0) is 61.6 Å². The number of nitrogens with zero attached hydrogens (tertiary/aromatic N) is 3. The number of fused-ring (bicyclic) bond motifs is 1. The molecule has 1 saturated carbocycles. The Morgan fingerprint density at radius 1 is 1.00 bits per heavy atom. The third kappa shape index (κ3) is 4.20. The van der Waals surface area contributed by atoms with Gasteiger partial charge in [-0.2, -0.15) is 0 Å². The summed E-state index contributed by atoms with van der Waals surface area (Å²) in [7, 11) is 0. The summed E-state index contributed by atoms with van der Waals surface area (Å²) in [4.78, 5) is 45.4. The lowest BCUT2D eigenvalue weighted by molar-refractivity contribution is -0.136. The first-order chi connectivity index (χ1) is 17.1. The summed E-state index contributed by atoms with van der Waals surface area (Å²) in [5, 5.41) is 2.35. The minimum Gasteiger partial charge on any atom is -0.489 e. The molecular formula is C27H30N4O4. The van der Waals surface area contributed by atoms with Crippen molar-refractivity contribution in [2.45, 2.75) is 69.2 Å². The first-order valence-electron chi connectivity index (χ1n) is 12.7. The Kier molecular flexibility index (Phi) is 5.76. The highest BCUT2D eigenvalue weighted by Crippen LogP contribution is 2.36. The van der Waals surface area contributed by atoms with Gasteiger partial charge >= 0.3 is 0 Å². The molecule has 0 radical (unpaired) electrons. The monoisotopic (exact) mass is 474 g/mol. The second-order valence-electron chi connectivity index (χ2n) is 10.1. The van der Waals surface area contributed by atoms with Crippen LogP contribution >= 0.6 is 0 Å². The number of pyridine rings is 1. The number of benzene rings is 1. The molecule has 1 aromatic heterocycles. The van der Waals surface area contributed by atoms with Gasteiger partial charge < -0.3 is 9.64 Å². The summed E-state index contributed by atoms with van der Waals surface area (Å²) in [6.45, 7) is 2.39. The fourth-order valence-corrected chi connectivity index (χ4v) is 6.02. The molecule has 3 amide bonds. The molecule has 1 N–H and O–H groups in total. The van der Waals surface area contributed by atoms with Crippen molar-refractivity contribution in [1.29, 1.82) is 0 Å². The molecule has 1 aliphatic carbocycles. The highest BCUT2D eigenvalue weighted by Gasteiger charge is 2.41. The third-order valence-electron chi connectivity index (χ3n) is 7.93. The van der Waals surface area contributed by atoms with E-state index in [1.807, 2.05) is 30.5 Å². The van der Waals surface area contributed by atoms with E-state index in [1.165, 1.54) is 12.1 Å². The van der Waals surface area contributed by atoms with E-state index in [4.69, 9.17) is 4.74 Å². The lowest BCUT2D eigenvalue weighted by Gasteiger charge is -2.48. The molecule has 3 aliphatic heterocycles. The average Bonchev–Trinajstić information content (AvgIpc) is 3.15. The van der Waals surface area contributed by atoms with Gasteiger partial charge in [-0.25, -0.2) is 0 Å². The zero-order valence-electron chi connectivity index (χ0n) is 19.7. The second-order valence-corrected chi connectivity index (χ2v) is 10.1. The lowest BCUT2D eigenvalue weighted by atomic mass is 9.85. The zero-order valence-corrected chi connectivity index (χ0v) is 19.7. The van der Waals surface area contributed by atoms with Crippen molar-refractivity contribution >= 4 is 17.7 Å². The van der Waals surface area contributed by atoms with Gasteiger partial charge in [0.1, 0.15) is 17.9 Å². The van der Waals surface area contributed by atoms with Gasteiger partial charge in [-0.3, -0.25) is 29.6 Å². The van der Waals surface area contributed by atoms with Crippen molar-refractivity contribution in [2.75, 3.05) is 13.1 Å². The normalized spacial score (nSPS) is 27.4. The summed E-state index contributed by atoms with van der Waals surface area (Å²) in [6, 6.07) is 11.6. The third-order valence-corrected chi connectivity index (χ3v) is 7.93. The van der Waals surface area contributed by atoms with Gasteiger partial charge in [0.25, 0.3) is 5.91 Å². The fourth-order valence-electron chi connectivity index (χ4n) is 6.02. The minimum atomic E-state index is -0.599.